The lowest BCUT2D eigenvalue weighted by molar-refractivity contribution is -0.136. The first-order valence-electron chi connectivity index (χ1n) is 6.39. The predicted molar refractivity (Wildman–Crippen MR) is 79.8 cm³/mol. The van der Waals surface area contributed by atoms with Gasteiger partial charge in [0.1, 0.15) is 0 Å². The van der Waals surface area contributed by atoms with Crippen LogP contribution in [-0.2, 0) is 21.2 Å². The third kappa shape index (κ3) is 4.59. The molecule has 23 heavy (non-hydrogen) atoms. The molecule has 0 fully saturated rings. The number of nitrogens with zero attached hydrogens (tertiary/aromatic N) is 3. The Balaban J connectivity index is 2.14. The van der Waals surface area contributed by atoms with Crippen LogP contribution in [0.25, 0.3) is 0 Å². The van der Waals surface area contributed by atoms with Crippen molar-refractivity contribution in [2.75, 3.05) is 0 Å². The van der Waals surface area contributed by atoms with Crippen LogP contribution in [0.4, 0.5) is 0 Å². The second-order valence-electron chi connectivity index (χ2n) is 4.49. The second kappa shape index (κ2) is 6.99. The average molecular weight is 335 g/mol. The molecule has 9 heteroatoms. The standard InChI is InChI=1S/C14H13N3O5S/c18-14(19)9-11-4-6-13(7-5-11)23(21,22)16-15-10-12-3-1-2-8-17(12)20/h1-8,10,20H,9H2,(H,18,19). The summed E-state index contributed by atoms with van der Waals surface area (Å²) >= 11 is 0. The molecule has 1 heterocycles. The summed E-state index contributed by atoms with van der Waals surface area (Å²) in [5, 5.41) is 22.3. The van der Waals surface area contributed by atoms with Gasteiger partial charge < -0.3 is 5.11 Å². The average Bonchev–Trinajstić information content (AvgIpc) is 2.49. The van der Waals surface area contributed by atoms with Crippen molar-refractivity contribution in [3.05, 3.63) is 66.2 Å². The largest absolute Gasteiger partial charge is 0.481 e. The van der Waals surface area contributed by atoms with E-state index in [1.807, 2.05) is 0 Å². The van der Waals surface area contributed by atoms with Gasteiger partial charge >= 0.3 is 5.97 Å². The fraction of sp³-hybridized carbons (Fsp3) is 0.0714. The zero-order chi connectivity index (χ0) is 16.9. The summed E-state index contributed by atoms with van der Waals surface area (Å²) in [4.78, 5) is 10.5. The molecule has 120 valence electrons. The van der Waals surface area contributed by atoms with Crippen LogP contribution in [0.1, 0.15) is 5.56 Å². The van der Waals surface area contributed by atoms with Crippen molar-refractivity contribution in [3.8, 4) is 0 Å². The first-order valence-corrected chi connectivity index (χ1v) is 7.83. The van der Waals surface area contributed by atoms with Gasteiger partial charge in [0.2, 0.25) is 0 Å². The number of benzene rings is 1. The number of aliphatic carboxylic acids is 1. The number of rotatable bonds is 5. The molecule has 2 N–H and O–H groups in total. The van der Waals surface area contributed by atoms with Crippen molar-refractivity contribution in [2.45, 2.75) is 11.3 Å². The molecule has 1 aliphatic heterocycles. The van der Waals surface area contributed by atoms with Gasteiger partial charge in [-0.05, 0) is 29.8 Å². The number of carboxylic acids is 1. The molecule has 0 unspecified atom stereocenters. The van der Waals surface area contributed by atoms with E-state index < -0.39 is 16.0 Å². The molecule has 2 rings (SSSR count). The van der Waals surface area contributed by atoms with E-state index in [1.165, 1.54) is 36.5 Å². The van der Waals surface area contributed by atoms with Gasteiger partial charge in [-0.15, -0.1) is 5.11 Å². The fourth-order valence-corrected chi connectivity index (χ4v) is 2.44. The molecule has 0 saturated heterocycles. The summed E-state index contributed by atoms with van der Waals surface area (Å²) in [6.45, 7) is 0. The highest BCUT2D eigenvalue weighted by atomic mass is 32.2. The van der Waals surface area contributed by atoms with Crippen LogP contribution in [-0.4, -0.2) is 29.8 Å². The number of hydroxylamine groups is 2. The summed E-state index contributed by atoms with van der Waals surface area (Å²) < 4.78 is 27.2. The first kappa shape index (κ1) is 16.6. The Kier molecular flexibility index (Phi) is 5.04. The minimum atomic E-state index is -4.00. The van der Waals surface area contributed by atoms with E-state index in [1.54, 1.807) is 12.2 Å². The van der Waals surface area contributed by atoms with E-state index in [2.05, 4.69) is 9.63 Å². The molecule has 0 spiro atoms. The van der Waals surface area contributed by atoms with Gasteiger partial charge in [0.25, 0.3) is 10.0 Å². The zero-order valence-electron chi connectivity index (χ0n) is 11.8. The summed E-state index contributed by atoms with van der Waals surface area (Å²) in [6.07, 6.45) is 7.01. The van der Waals surface area contributed by atoms with Gasteiger partial charge in [-0.1, -0.05) is 22.7 Å². The quantitative estimate of drug-likeness (QED) is 0.795. The maximum atomic E-state index is 12.0. The number of allylic oxidation sites excluding steroid dienone is 3. The molecule has 8 nitrogen and oxygen atoms in total. The van der Waals surface area contributed by atoms with Crippen LogP contribution in [0.5, 0.6) is 0 Å². The molecule has 0 radical (unpaired) electrons. The summed E-state index contributed by atoms with van der Waals surface area (Å²) in [6, 6.07) is 5.33. The highest BCUT2D eigenvalue weighted by Gasteiger charge is 2.13. The predicted octanol–water partition coefficient (Wildman–Crippen LogP) is 2.07. The lowest BCUT2D eigenvalue weighted by Gasteiger charge is -2.13. The van der Waals surface area contributed by atoms with Gasteiger partial charge in [0, 0.05) is 6.20 Å². The highest BCUT2D eigenvalue weighted by Crippen LogP contribution is 2.15. The topological polar surface area (TPSA) is 120 Å². The smallest absolute Gasteiger partial charge is 0.307 e. The Morgan fingerprint density at radius 1 is 1.22 bits per heavy atom. The highest BCUT2D eigenvalue weighted by molar-refractivity contribution is 7.90. The van der Waals surface area contributed by atoms with E-state index in [0.29, 0.717) is 5.56 Å². The van der Waals surface area contributed by atoms with E-state index in [-0.39, 0.29) is 17.0 Å². The van der Waals surface area contributed by atoms with E-state index in [4.69, 9.17) is 5.11 Å². The normalized spacial score (nSPS) is 16.4. The van der Waals surface area contributed by atoms with Crippen LogP contribution in [0.15, 0.2) is 75.1 Å². The molecular formula is C14H13N3O5S. The maximum absolute atomic E-state index is 12.0. The van der Waals surface area contributed by atoms with Crippen molar-refractivity contribution in [1.29, 1.82) is 0 Å². The summed E-state index contributed by atoms with van der Waals surface area (Å²) in [5.41, 5.74) is 0.730. The summed E-state index contributed by atoms with van der Waals surface area (Å²) in [5.74, 6) is -1.00. The third-order valence-corrected chi connectivity index (χ3v) is 3.97. The Morgan fingerprint density at radius 3 is 2.52 bits per heavy atom. The van der Waals surface area contributed by atoms with Crippen LogP contribution < -0.4 is 0 Å². The third-order valence-electron chi connectivity index (χ3n) is 2.79. The number of carboxylic acid groups (broad SMARTS) is 1. The molecule has 0 amide bonds. The Bertz CT molecular complexity index is 807. The van der Waals surface area contributed by atoms with E-state index in [9.17, 15) is 18.4 Å². The molecule has 1 aromatic rings. The first-order chi connectivity index (χ1) is 10.9. The maximum Gasteiger partial charge on any atom is 0.307 e. The molecule has 0 bridgehead atoms. The fourth-order valence-electron chi connectivity index (χ4n) is 1.70. The van der Waals surface area contributed by atoms with Crippen molar-refractivity contribution >= 4 is 16.0 Å². The van der Waals surface area contributed by atoms with Gasteiger partial charge in [0.15, 0.2) is 0 Å². The molecule has 1 aliphatic rings. The van der Waals surface area contributed by atoms with Crippen LogP contribution in [0.3, 0.4) is 0 Å². The van der Waals surface area contributed by atoms with Gasteiger partial charge in [-0.25, -0.2) is 5.06 Å². The molecule has 0 aromatic heterocycles. The van der Waals surface area contributed by atoms with E-state index in [0.717, 1.165) is 11.3 Å². The molecule has 0 aliphatic carbocycles. The Morgan fingerprint density at radius 2 is 1.91 bits per heavy atom. The van der Waals surface area contributed by atoms with Crippen molar-refractivity contribution in [3.63, 3.8) is 0 Å². The Hall–Kier alpha value is -2.78. The lowest BCUT2D eigenvalue weighted by Crippen LogP contribution is -2.10. The molecule has 0 saturated carbocycles. The molecular weight excluding hydrogens is 322 g/mol. The van der Waals surface area contributed by atoms with Crippen molar-refractivity contribution in [2.24, 2.45) is 9.63 Å². The van der Waals surface area contributed by atoms with E-state index >= 15 is 0 Å². The van der Waals surface area contributed by atoms with Gasteiger partial charge in [-0.3, -0.25) is 10.0 Å². The SMILES string of the molecule is O=C(O)Cc1ccc(S(=O)(=O)N=NC=C2C=CC=CN2O)cc1. The van der Waals surface area contributed by atoms with Gasteiger partial charge in [-0.2, -0.15) is 8.42 Å². The molecule has 0 atom stereocenters. The van der Waals surface area contributed by atoms with Gasteiger partial charge in [0.05, 0.1) is 23.2 Å². The minimum Gasteiger partial charge on any atom is -0.481 e. The van der Waals surface area contributed by atoms with Crippen molar-refractivity contribution in [1.82, 2.24) is 5.06 Å². The second-order valence-corrected chi connectivity index (χ2v) is 6.07. The van der Waals surface area contributed by atoms with Crippen LogP contribution in [0.2, 0.25) is 0 Å². The number of carbonyl (C=O) groups is 1. The van der Waals surface area contributed by atoms with Crippen LogP contribution in [0, 0.1) is 0 Å². The number of sulfonamides is 1. The lowest BCUT2D eigenvalue weighted by atomic mass is 10.2. The number of hydrogen-bond acceptors (Lipinski definition) is 6. The number of hydrogen-bond donors (Lipinski definition) is 2. The zero-order valence-corrected chi connectivity index (χ0v) is 12.6. The Labute approximate surface area is 132 Å². The minimum absolute atomic E-state index is 0.103. The van der Waals surface area contributed by atoms with Crippen molar-refractivity contribution < 1.29 is 23.5 Å². The summed E-state index contributed by atoms with van der Waals surface area (Å²) in [7, 11) is -4.00. The molecule has 1 aromatic carbocycles. The monoisotopic (exact) mass is 335 g/mol. The van der Waals surface area contributed by atoms with Crippen LogP contribution >= 0.6 is 0 Å².